The van der Waals surface area contributed by atoms with Crippen LogP contribution in [0.15, 0.2) is 41.4 Å². The van der Waals surface area contributed by atoms with Crippen LogP contribution in [0, 0.1) is 15.9 Å². The van der Waals surface area contributed by atoms with Crippen molar-refractivity contribution in [3.8, 4) is 0 Å². The van der Waals surface area contributed by atoms with Gasteiger partial charge in [0.1, 0.15) is 5.82 Å². The van der Waals surface area contributed by atoms with Gasteiger partial charge in [-0.25, -0.2) is 9.18 Å². The number of aliphatic imine (C=N–C) groups is 1. The first-order valence-corrected chi connectivity index (χ1v) is 7.56. The van der Waals surface area contributed by atoms with Crippen molar-refractivity contribution in [3.05, 3.63) is 69.0 Å². The van der Waals surface area contributed by atoms with Crippen LogP contribution in [0.2, 0.25) is 0 Å². The summed E-state index contributed by atoms with van der Waals surface area (Å²) in [6.45, 7) is 0. The third-order valence-electron chi connectivity index (χ3n) is 3.68. The number of ether oxygens (including phenoxy) is 1. The molecule has 11 heteroatoms. The van der Waals surface area contributed by atoms with Crippen molar-refractivity contribution in [1.29, 1.82) is 0 Å². The largest absolute Gasteiger partial charge is 0.467 e. The van der Waals surface area contributed by atoms with E-state index in [1.165, 1.54) is 0 Å². The van der Waals surface area contributed by atoms with Crippen molar-refractivity contribution < 1.29 is 32.0 Å². The van der Waals surface area contributed by atoms with E-state index in [0.29, 0.717) is 6.07 Å². The summed E-state index contributed by atoms with van der Waals surface area (Å²) in [5.74, 6) is -1.85. The number of carbonyl (C=O) groups excluding carboxylic acids is 1. The van der Waals surface area contributed by atoms with Crippen molar-refractivity contribution in [2.24, 2.45) is 4.99 Å². The predicted octanol–water partition coefficient (Wildman–Crippen LogP) is 3.67. The molecule has 1 unspecified atom stereocenters. The smallest absolute Gasteiger partial charge is 0.416 e. The Kier molecular flexibility index (Phi) is 5.96. The minimum Gasteiger partial charge on any atom is -0.467 e. The van der Waals surface area contributed by atoms with Crippen molar-refractivity contribution in [2.75, 3.05) is 12.8 Å². The number of hydrogen-bond acceptors (Lipinski definition) is 6. The molecule has 0 fully saturated rings. The first-order valence-electron chi connectivity index (χ1n) is 7.56. The molecule has 28 heavy (non-hydrogen) atoms. The lowest BCUT2D eigenvalue weighted by Gasteiger charge is -2.12. The third kappa shape index (κ3) is 4.61. The maximum atomic E-state index is 13.4. The first kappa shape index (κ1) is 20.8. The fraction of sp³-hybridized carbons (Fsp3) is 0.176. The molecule has 0 spiro atoms. The molecule has 7 nitrogen and oxygen atoms in total. The zero-order chi connectivity index (χ0) is 21.1. The molecule has 2 rings (SSSR count). The molecule has 0 aliphatic rings. The maximum Gasteiger partial charge on any atom is 0.416 e. The van der Waals surface area contributed by atoms with Gasteiger partial charge in [0.15, 0.2) is 6.04 Å². The maximum absolute atomic E-state index is 13.4. The van der Waals surface area contributed by atoms with Gasteiger partial charge < -0.3 is 10.5 Å². The number of esters is 1. The molecule has 0 saturated heterocycles. The van der Waals surface area contributed by atoms with Gasteiger partial charge >= 0.3 is 12.1 Å². The highest BCUT2D eigenvalue weighted by Crippen LogP contribution is 2.31. The summed E-state index contributed by atoms with van der Waals surface area (Å²) in [7, 11) is 1.05. The average Bonchev–Trinajstić information content (AvgIpc) is 2.62. The molecule has 0 radical (unpaired) electrons. The summed E-state index contributed by atoms with van der Waals surface area (Å²) >= 11 is 0. The Morgan fingerprint density at radius 1 is 1.29 bits per heavy atom. The predicted molar refractivity (Wildman–Crippen MR) is 91.3 cm³/mol. The van der Waals surface area contributed by atoms with E-state index in [1.807, 2.05) is 0 Å². The second-order valence-corrected chi connectivity index (χ2v) is 5.51. The van der Waals surface area contributed by atoms with Crippen LogP contribution in [0.3, 0.4) is 0 Å². The number of nitrogen functional groups attached to an aromatic ring is 1. The van der Waals surface area contributed by atoms with Crippen LogP contribution in [0.4, 0.5) is 28.9 Å². The van der Waals surface area contributed by atoms with Crippen LogP contribution in [-0.4, -0.2) is 24.2 Å². The fourth-order valence-corrected chi connectivity index (χ4v) is 2.31. The van der Waals surface area contributed by atoms with E-state index in [-0.39, 0.29) is 16.8 Å². The molecule has 0 saturated carbocycles. The van der Waals surface area contributed by atoms with Crippen LogP contribution in [-0.2, 0) is 15.7 Å². The number of methoxy groups -OCH3 is 1. The molecule has 2 aromatic carbocycles. The van der Waals surface area contributed by atoms with Gasteiger partial charge in [-0.3, -0.25) is 15.1 Å². The number of anilines is 1. The fourth-order valence-electron chi connectivity index (χ4n) is 2.31. The summed E-state index contributed by atoms with van der Waals surface area (Å²) < 4.78 is 56.0. The van der Waals surface area contributed by atoms with Gasteiger partial charge in [-0.2, -0.15) is 13.2 Å². The molecule has 0 aliphatic carbocycles. The second-order valence-electron chi connectivity index (χ2n) is 5.51. The van der Waals surface area contributed by atoms with E-state index in [9.17, 15) is 32.5 Å². The molecule has 0 aromatic heterocycles. The Balaban J connectivity index is 2.47. The van der Waals surface area contributed by atoms with Crippen molar-refractivity contribution in [2.45, 2.75) is 12.2 Å². The Labute approximate surface area is 155 Å². The van der Waals surface area contributed by atoms with Crippen LogP contribution in [0.25, 0.3) is 0 Å². The lowest BCUT2D eigenvalue weighted by atomic mass is 10.0. The minimum atomic E-state index is -4.56. The van der Waals surface area contributed by atoms with Gasteiger partial charge in [-0.1, -0.05) is 12.1 Å². The van der Waals surface area contributed by atoms with Gasteiger partial charge in [0, 0.05) is 6.21 Å². The van der Waals surface area contributed by atoms with Crippen LogP contribution in [0.1, 0.15) is 22.7 Å². The third-order valence-corrected chi connectivity index (χ3v) is 3.68. The molecule has 0 bridgehead atoms. The normalized spacial score (nSPS) is 12.8. The van der Waals surface area contributed by atoms with Gasteiger partial charge in [-0.05, 0) is 23.8 Å². The number of alkyl halides is 3. The van der Waals surface area contributed by atoms with Crippen molar-refractivity contribution in [1.82, 2.24) is 0 Å². The highest BCUT2D eigenvalue weighted by Gasteiger charge is 2.31. The molecule has 0 amide bonds. The van der Waals surface area contributed by atoms with E-state index in [4.69, 9.17) is 5.73 Å². The molecular weight excluding hydrogens is 386 g/mol. The highest BCUT2D eigenvalue weighted by atomic mass is 19.4. The second kappa shape index (κ2) is 8.03. The molecule has 2 aromatic rings. The van der Waals surface area contributed by atoms with Gasteiger partial charge in [0.05, 0.1) is 34.9 Å². The summed E-state index contributed by atoms with van der Waals surface area (Å²) in [6.07, 6.45) is -3.68. The van der Waals surface area contributed by atoms with Gasteiger partial charge in [-0.15, -0.1) is 0 Å². The molecule has 2 N–H and O–H groups in total. The number of nitrogens with two attached hydrogens (primary N) is 1. The highest BCUT2D eigenvalue weighted by molar-refractivity contribution is 5.93. The summed E-state index contributed by atoms with van der Waals surface area (Å²) in [5, 5.41) is 11.1. The molecule has 148 valence electrons. The first-order chi connectivity index (χ1) is 13.0. The van der Waals surface area contributed by atoms with E-state index in [1.54, 1.807) is 0 Å². The molecule has 0 aliphatic heterocycles. The lowest BCUT2D eigenvalue weighted by Crippen LogP contribution is -2.14. The zero-order valence-electron chi connectivity index (χ0n) is 14.2. The van der Waals surface area contributed by atoms with E-state index in [0.717, 1.165) is 43.7 Å². The minimum absolute atomic E-state index is 0.0550. The molecule has 1 atom stereocenters. The van der Waals surface area contributed by atoms with Crippen LogP contribution >= 0.6 is 0 Å². The molecular formula is C17H13F4N3O4. The quantitative estimate of drug-likeness (QED) is 0.206. The topological polar surface area (TPSA) is 108 Å². The number of nitro benzene ring substituents is 1. The Morgan fingerprint density at radius 2 is 1.89 bits per heavy atom. The number of benzene rings is 2. The number of carbonyl (C=O) groups is 1. The van der Waals surface area contributed by atoms with Crippen LogP contribution < -0.4 is 5.73 Å². The summed E-state index contributed by atoms with van der Waals surface area (Å²) in [4.78, 5) is 26.1. The van der Waals surface area contributed by atoms with E-state index < -0.39 is 40.2 Å². The number of halogens is 4. The van der Waals surface area contributed by atoms with Crippen molar-refractivity contribution >= 4 is 23.6 Å². The monoisotopic (exact) mass is 399 g/mol. The van der Waals surface area contributed by atoms with Gasteiger partial charge in [0.2, 0.25) is 0 Å². The Morgan fingerprint density at radius 3 is 2.39 bits per heavy atom. The van der Waals surface area contributed by atoms with Gasteiger partial charge in [0.25, 0.3) is 5.69 Å². The molecule has 0 heterocycles. The number of rotatable bonds is 5. The van der Waals surface area contributed by atoms with Crippen molar-refractivity contribution in [3.63, 3.8) is 0 Å². The van der Waals surface area contributed by atoms with E-state index >= 15 is 0 Å². The Hall–Kier alpha value is -3.50. The summed E-state index contributed by atoms with van der Waals surface area (Å²) in [6, 6.07) is 3.64. The van der Waals surface area contributed by atoms with E-state index in [2.05, 4.69) is 9.73 Å². The number of nitro groups is 1. The van der Waals surface area contributed by atoms with Crippen LogP contribution in [0.5, 0.6) is 0 Å². The Bertz CT molecular complexity index is 927. The lowest BCUT2D eigenvalue weighted by molar-refractivity contribution is -0.385. The summed E-state index contributed by atoms with van der Waals surface area (Å²) in [5.41, 5.74) is 3.47. The number of hydrogen-bond donors (Lipinski definition) is 1. The average molecular weight is 399 g/mol. The zero-order valence-corrected chi connectivity index (χ0v) is 14.2. The SMILES string of the molecule is COC(=O)C(N=Cc1c(N)cc(F)cc1[N+](=O)[O-])c1ccc(C(F)(F)F)cc1. The number of nitrogens with zero attached hydrogens (tertiary/aromatic N) is 2. The standard InChI is InChI=1S/C17H13F4N3O4/c1-28-16(25)15(9-2-4-10(5-3-9)17(19,20)21)23-8-12-13(22)6-11(18)7-14(12)24(26)27/h2-8,15H,22H2,1H3.